The van der Waals surface area contributed by atoms with E-state index in [1.165, 1.54) is 0 Å². The number of carbonyl (C=O) groups is 3. The Labute approximate surface area is 226 Å². The number of nitrogens with zero attached hydrogens (tertiary/aromatic N) is 1. The van der Waals surface area contributed by atoms with Gasteiger partial charge in [-0.2, -0.15) is 0 Å². The van der Waals surface area contributed by atoms with Crippen LogP contribution in [0.4, 0.5) is 5.69 Å². The molecule has 0 saturated carbocycles. The van der Waals surface area contributed by atoms with Crippen molar-refractivity contribution in [3.63, 3.8) is 0 Å². The molecule has 3 heterocycles. The van der Waals surface area contributed by atoms with E-state index in [2.05, 4.69) is 10.6 Å². The Hall–Kier alpha value is -2.55. The number of hydrogen-bond donors (Lipinski definition) is 3. The van der Waals surface area contributed by atoms with Crippen LogP contribution in [0.15, 0.2) is 54.6 Å². The van der Waals surface area contributed by atoms with E-state index in [-0.39, 0.29) is 29.6 Å². The van der Waals surface area contributed by atoms with Crippen LogP contribution in [-0.2, 0) is 20.9 Å². The standard InChI is InChI=1S/C28H32ClN3O4S/c29-19-9-11-20(12-10-19)31-26(35)24-28-14-13-21(37-28)22(25(34)30-17-18-7-3-1-4-8-18)23(28)27(36)32(24)15-5-2-6-16-33/h1,3-4,7-12,21-24,33H,2,5-6,13-17H2,(H,30,34)(H,31,35)/t21-,22+,23+,24?,28?/m1/s1. The van der Waals surface area contributed by atoms with Gasteiger partial charge in [-0.1, -0.05) is 41.9 Å². The van der Waals surface area contributed by atoms with Gasteiger partial charge in [0, 0.05) is 35.7 Å². The molecule has 37 heavy (non-hydrogen) atoms. The Morgan fingerprint density at radius 3 is 2.54 bits per heavy atom. The van der Waals surface area contributed by atoms with E-state index < -0.39 is 22.6 Å². The van der Waals surface area contributed by atoms with E-state index in [0.29, 0.717) is 36.6 Å². The number of aliphatic hydroxyl groups is 1. The van der Waals surface area contributed by atoms with Crippen molar-refractivity contribution >= 4 is 46.8 Å². The van der Waals surface area contributed by atoms with Crippen molar-refractivity contribution < 1.29 is 19.5 Å². The summed E-state index contributed by atoms with van der Waals surface area (Å²) >= 11 is 7.67. The molecule has 1 spiro atoms. The average Bonchev–Trinajstić information content (AvgIpc) is 3.54. The first kappa shape index (κ1) is 26.1. The van der Waals surface area contributed by atoms with Crippen LogP contribution < -0.4 is 10.6 Å². The predicted molar refractivity (Wildman–Crippen MR) is 145 cm³/mol. The number of benzene rings is 2. The lowest BCUT2D eigenvalue weighted by molar-refractivity contribution is -0.139. The summed E-state index contributed by atoms with van der Waals surface area (Å²) in [7, 11) is 0. The van der Waals surface area contributed by atoms with Crippen molar-refractivity contribution in [2.75, 3.05) is 18.5 Å². The number of thioether (sulfide) groups is 1. The predicted octanol–water partition coefficient (Wildman–Crippen LogP) is 3.85. The second-order valence-corrected chi connectivity index (χ2v) is 12.1. The van der Waals surface area contributed by atoms with Crippen molar-refractivity contribution in [3.05, 3.63) is 65.2 Å². The topological polar surface area (TPSA) is 98.7 Å². The quantitative estimate of drug-likeness (QED) is 0.397. The highest BCUT2D eigenvalue weighted by molar-refractivity contribution is 8.02. The third-order valence-electron chi connectivity index (χ3n) is 7.83. The number of rotatable bonds is 10. The normalized spacial score (nSPS) is 27.8. The van der Waals surface area contributed by atoms with Crippen molar-refractivity contribution in [1.82, 2.24) is 10.2 Å². The maximum absolute atomic E-state index is 13.9. The van der Waals surface area contributed by atoms with E-state index >= 15 is 0 Å². The third kappa shape index (κ3) is 4.99. The number of fused-ring (bicyclic) bond motifs is 1. The zero-order valence-electron chi connectivity index (χ0n) is 20.6. The number of likely N-dealkylation sites (tertiary alicyclic amines) is 1. The van der Waals surface area contributed by atoms with Gasteiger partial charge in [0.15, 0.2) is 0 Å². The molecule has 3 saturated heterocycles. The summed E-state index contributed by atoms with van der Waals surface area (Å²) in [6.45, 7) is 0.939. The van der Waals surface area contributed by atoms with Crippen LogP contribution in [0.25, 0.3) is 0 Å². The number of hydrogen-bond acceptors (Lipinski definition) is 5. The first-order valence-electron chi connectivity index (χ1n) is 12.9. The van der Waals surface area contributed by atoms with Gasteiger partial charge in [-0.3, -0.25) is 14.4 Å². The van der Waals surface area contributed by atoms with Gasteiger partial charge in [0.05, 0.1) is 16.6 Å². The van der Waals surface area contributed by atoms with Crippen LogP contribution in [0.3, 0.4) is 0 Å². The smallest absolute Gasteiger partial charge is 0.248 e. The highest BCUT2D eigenvalue weighted by Crippen LogP contribution is 2.66. The van der Waals surface area contributed by atoms with Crippen molar-refractivity contribution in [2.24, 2.45) is 11.8 Å². The lowest BCUT2D eigenvalue weighted by Crippen LogP contribution is -2.51. The molecule has 3 N–H and O–H groups in total. The fourth-order valence-electron chi connectivity index (χ4n) is 6.21. The summed E-state index contributed by atoms with van der Waals surface area (Å²) in [6.07, 6.45) is 3.65. The highest BCUT2D eigenvalue weighted by Gasteiger charge is 2.73. The van der Waals surface area contributed by atoms with Crippen LogP contribution >= 0.6 is 23.4 Å². The van der Waals surface area contributed by atoms with Gasteiger partial charge in [0.25, 0.3) is 0 Å². The minimum Gasteiger partial charge on any atom is -0.396 e. The van der Waals surface area contributed by atoms with Crippen LogP contribution in [0, 0.1) is 11.8 Å². The largest absolute Gasteiger partial charge is 0.396 e. The molecule has 0 aliphatic carbocycles. The number of amides is 3. The summed E-state index contributed by atoms with van der Waals surface area (Å²) in [5.74, 6) is -1.41. The number of carbonyl (C=O) groups excluding carboxylic acids is 3. The molecule has 0 aromatic heterocycles. The first-order chi connectivity index (χ1) is 17.9. The molecule has 3 fully saturated rings. The van der Waals surface area contributed by atoms with Gasteiger partial charge in [-0.25, -0.2) is 0 Å². The fourth-order valence-corrected chi connectivity index (χ4v) is 8.56. The van der Waals surface area contributed by atoms with Gasteiger partial charge in [-0.15, -0.1) is 11.8 Å². The zero-order chi connectivity index (χ0) is 26.0. The molecule has 2 aromatic carbocycles. The average molecular weight is 542 g/mol. The Kier molecular flexibility index (Phi) is 7.79. The Morgan fingerprint density at radius 2 is 1.81 bits per heavy atom. The summed E-state index contributed by atoms with van der Waals surface area (Å²) in [6, 6.07) is 16.0. The van der Waals surface area contributed by atoms with E-state index in [1.807, 2.05) is 30.3 Å². The molecule has 3 aliphatic heterocycles. The summed E-state index contributed by atoms with van der Waals surface area (Å²) in [5.41, 5.74) is 1.63. The number of anilines is 1. The Morgan fingerprint density at radius 1 is 1.05 bits per heavy atom. The van der Waals surface area contributed by atoms with Gasteiger partial charge in [0.2, 0.25) is 17.7 Å². The molecule has 9 heteroatoms. The summed E-state index contributed by atoms with van der Waals surface area (Å²) < 4.78 is -0.621. The third-order valence-corrected chi connectivity index (χ3v) is 10.0. The minimum atomic E-state index is -0.656. The van der Waals surface area contributed by atoms with Gasteiger partial charge >= 0.3 is 0 Å². The summed E-state index contributed by atoms with van der Waals surface area (Å²) in [4.78, 5) is 42.9. The minimum absolute atomic E-state index is 0.0205. The number of unbranched alkanes of at least 4 members (excludes halogenated alkanes) is 2. The molecular weight excluding hydrogens is 510 g/mol. The molecule has 3 aliphatic rings. The number of halogens is 1. The number of aliphatic hydroxyl groups excluding tert-OH is 1. The second-order valence-electron chi connectivity index (χ2n) is 10.1. The van der Waals surface area contributed by atoms with Crippen LogP contribution in [0.1, 0.15) is 37.7 Å². The van der Waals surface area contributed by atoms with E-state index in [0.717, 1.165) is 24.8 Å². The Bertz CT molecular complexity index is 1150. The van der Waals surface area contributed by atoms with Crippen LogP contribution in [-0.4, -0.2) is 56.9 Å². The number of nitrogens with one attached hydrogen (secondary N) is 2. The SMILES string of the molecule is O=C(Nc1ccc(Cl)cc1)C1N(CCCCCO)C(=O)[C@@H]2[C@@H](C(=O)NCc3ccccc3)[C@H]3CCC12S3. The molecule has 2 unspecified atom stereocenters. The molecular formula is C28H32ClN3O4S. The maximum Gasteiger partial charge on any atom is 0.248 e. The van der Waals surface area contributed by atoms with Crippen molar-refractivity contribution in [1.29, 1.82) is 0 Å². The van der Waals surface area contributed by atoms with Crippen molar-refractivity contribution in [2.45, 2.75) is 54.7 Å². The van der Waals surface area contributed by atoms with Gasteiger partial charge < -0.3 is 20.6 Å². The second kappa shape index (κ2) is 11.1. The Balaban J connectivity index is 1.39. The molecule has 7 nitrogen and oxygen atoms in total. The van der Waals surface area contributed by atoms with Gasteiger partial charge in [-0.05, 0) is 61.9 Å². The lowest BCUT2D eigenvalue weighted by Gasteiger charge is -2.34. The fraction of sp³-hybridized carbons (Fsp3) is 0.464. The van der Waals surface area contributed by atoms with Gasteiger partial charge in [0.1, 0.15) is 6.04 Å². The van der Waals surface area contributed by atoms with Crippen LogP contribution in [0.2, 0.25) is 5.02 Å². The molecule has 5 atom stereocenters. The lowest BCUT2D eigenvalue weighted by atomic mass is 9.70. The van der Waals surface area contributed by atoms with E-state index in [4.69, 9.17) is 11.6 Å². The highest BCUT2D eigenvalue weighted by atomic mass is 35.5. The molecule has 5 rings (SSSR count). The first-order valence-corrected chi connectivity index (χ1v) is 14.2. The van der Waals surface area contributed by atoms with Crippen LogP contribution in [0.5, 0.6) is 0 Å². The zero-order valence-corrected chi connectivity index (χ0v) is 22.1. The molecule has 196 valence electrons. The van der Waals surface area contributed by atoms with E-state index in [1.54, 1.807) is 40.9 Å². The van der Waals surface area contributed by atoms with E-state index in [9.17, 15) is 19.5 Å². The molecule has 2 bridgehead atoms. The maximum atomic E-state index is 13.9. The molecule has 2 aromatic rings. The molecule has 3 amide bonds. The molecule has 0 radical (unpaired) electrons. The summed E-state index contributed by atoms with van der Waals surface area (Å²) in [5, 5.41) is 15.8. The monoisotopic (exact) mass is 541 g/mol. The van der Waals surface area contributed by atoms with Crippen molar-refractivity contribution in [3.8, 4) is 0 Å².